The van der Waals surface area contributed by atoms with Crippen LogP contribution in [0.1, 0.15) is 18.1 Å². The smallest absolute Gasteiger partial charge is 0.164 e. The van der Waals surface area contributed by atoms with Crippen molar-refractivity contribution in [2.24, 2.45) is 5.73 Å². The fraction of sp³-hybridized carbons (Fsp3) is 0.294. The Bertz CT molecular complexity index is 582. The largest absolute Gasteiger partial charge is 0.493 e. The van der Waals surface area contributed by atoms with E-state index in [4.69, 9.17) is 26.8 Å². The molecule has 4 heteroatoms. The normalized spacial score (nSPS) is 12.0. The van der Waals surface area contributed by atoms with Crippen LogP contribution < -0.4 is 15.2 Å². The predicted molar refractivity (Wildman–Crippen MR) is 86.1 cm³/mol. The molecule has 0 bridgehead atoms. The molecule has 0 amide bonds. The molecule has 0 fully saturated rings. The highest BCUT2D eigenvalue weighted by Gasteiger charge is 2.12. The average Bonchev–Trinajstić information content (AvgIpc) is 2.46. The number of benzene rings is 2. The van der Waals surface area contributed by atoms with E-state index in [1.54, 1.807) is 7.11 Å². The first-order chi connectivity index (χ1) is 10.1. The quantitative estimate of drug-likeness (QED) is 0.882. The maximum absolute atomic E-state index is 5.96. The number of rotatable bonds is 6. The Morgan fingerprint density at radius 2 is 1.86 bits per heavy atom. The van der Waals surface area contributed by atoms with Crippen LogP contribution in [0, 0.1) is 0 Å². The van der Waals surface area contributed by atoms with Gasteiger partial charge in [-0.2, -0.15) is 0 Å². The summed E-state index contributed by atoms with van der Waals surface area (Å²) in [6.45, 7) is 2.44. The Hall–Kier alpha value is -1.71. The molecule has 21 heavy (non-hydrogen) atoms. The standard InChI is InChI=1S/C17H20ClNO2/c1-12(19)10-14-4-3-5-16(20-2)17(14)21-11-13-6-8-15(18)9-7-13/h3-9,12H,10-11,19H2,1-2H3. The van der Waals surface area contributed by atoms with E-state index in [2.05, 4.69) is 0 Å². The van der Waals surface area contributed by atoms with Crippen molar-refractivity contribution >= 4 is 11.6 Å². The van der Waals surface area contributed by atoms with Gasteiger partial charge >= 0.3 is 0 Å². The minimum absolute atomic E-state index is 0.0648. The summed E-state index contributed by atoms with van der Waals surface area (Å²) in [6.07, 6.45) is 0.743. The fourth-order valence-corrected chi connectivity index (χ4v) is 2.26. The summed E-state index contributed by atoms with van der Waals surface area (Å²) in [4.78, 5) is 0. The molecule has 0 saturated heterocycles. The lowest BCUT2D eigenvalue weighted by Crippen LogP contribution is -2.18. The molecule has 1 unspecified atom stereocenters. The maximum Gasteiger partial charge on any atom is 0.164 e. The zero-order chi connectivity index (χ0) is 15.2. The molecule has 3 nitrogen and oxygen atoms in total. The zero-order valence-electron chi connectivity index (χ0n) is 12.3. The molecule has 0 heterocycles. The van der Waals surface area contributed by atoms with Crippen molar-refractivity contribution in [3.8, 4) is 11.5 Å². The van der Waals surface area contributed by atoms with Gasteiger partial charge in [-0.1, -0.05) is 35.9 Å². The number of halogens is 1. The zero-order valence-corrected chi connectivity index (χ0v) is 13.1. The summed E-state index contributed by atoms with van der Waals surface area (Å²) in [5.74, 6) is 1.48. The summed E-state index contributed by atoms with van der Waals surface area (Å²) in [7, 11) is 1.64. The Kier molecular flexibility index (Phi) is 5.48. The lowest BCUT2D eigenvalue weighted by atomic mass is 10.1. The van der Waals surface area contributed by atoms with Crippen LogP contribution in [0.5, 0.6) is 11.5 Å². The van der Waals surface area contributed by atoms with E-state index in [1.807, 2.05) is 49.4 Å². The fourth-order valence-electron chi connectivity index (χ4n) is 2.13. The summed E-state index contributed by atoms with van der Waals surface area (Å²) in [5, 5.41) is 0.716. The first kappa shape index (κ1) is 15.7. The summed E-state index contributed by atoms with van der Waals surface area (Å²) >= 11 is 5.88. The molecule has 112 valence electrons. The highest BCUT2D eigenvalue weighted by atomic mass is 35.5. The van der Waals surface area contributed by atoms with Crippen molar-refractivity contribution in [1.82, 2.24) is 0 Å². The molecule has 2 aromatic rings. The minimum atomic E-state index is 0.0648. The van der Waals surface area contributed by atoms with Crippen LogP contribution in [-0.4, -0.2) is 13.2 Å². The molecular weight excluding hydrogens is 286 g/mol. The second-order valence-corrected chi connectivity index (χ2v) is 5.48. The number of hydrogen-bond acceptors (Lipinski definition) is 3. The third kappa shape index (κ3) is 4.38. The van der Waals surface area contributed by atoms with Gasteiger partial charge in [-0.15, -0.1) is 0 Å². The molecule has 2 rings (SSSR count). The highest BCUT2D eigenvalue weighted by molar-refractivity contribution is 6.30. The number of methoxy groups -OCH3 is 1. The Balaban J connectivity index is 2.18. The topological polar surface area (TPSA) is 44.5 Å². The van der Waals surface area contributed by atoms with Crippen LogP contribution in [0.15, 0.2) is 42.5 Å². The average molecular weight is 306 g/mol. The van der Waals surface area contributed by atoms with Gasteiger partial charge in [0, 0.05) is 11.1 Å². The van der Waals surface area contributed by atoms with Crippen LogP contribution in [0.25, 0.3) is 0 Å². The van der Waals surface area contributed by atoms with Crippen LogP contribution in [0.2, 0.25) is 5.02 Å². The van der Waals surface area contributed by atoms with Crippen molar-refractivity contribution in [2.45, 2.75) is 26.0 Å². The van der Waals surface area contributed by atoms with Crippen molar-refractivity contribution in [2.75, 3.05) is 7.11 Å². The van der Waals surface area contributed by atoms with Gasteiger partial charge in [0.25, 0.3) is 0 Å². The molecule has 1 atom stereocenters. The third-order valence-corrected chi connectivity index (χ3v) is 3.37. The van der Waals surface area contributed by atoms with Crippen molar-refractivity contribution in [3.63, 3.8) is 0 Å². The SMILES string of the molecule is COc1cccc(CC(C)N)c1OCc1ccc(Cl)cc1. The van der Waals surface area contributed by atoms with E-state index in [-0.39, 0.29) is 6.04 Å². The number of hydrogen-bond donors (Lipinski definition) is 1. The molecular formula is C17H20ClNO2. The molecule has 0 spiro atoms. The van der Waals surface area contributed by atoms with Gasteiger partial charge < -0.3 is 15.2 Å². The van der Waals surface area contributed by atoms with Gasteiger partial charge in [0.2, 0.25) is 0 Å². The molecule has 0 radical (unpaired) electrons. The first-order valence-electron chi connectivity index (χ1n) is 6.89. The number of ether oxygens (including phenoxy) is 2. The van der Waals surface area contributed by atoms with Crippen molar-refractivity contribution in [3.05, 3.63) is 58.6 Å². The predicted octanol–water partition coefficient (Wildman–Crippen LogP) is 3.82. The van der Waals surface area contributed by atoms with E-state index >= 15 is 0 Å². The molecule has 0 aliphatic carbocycles. The van der Waals surface area contributed by atoms with Crippen LogP contribution in [-0.2, 0) is 13.0 Å². The Morgan fingerprint density at radius 3 is 2.48 bits per heavy atom. The van der Waals surface area contributed by atoms with E-state index in [1.165, 1.54) is 0 Å². The molecule has 0 aromatic heterocycles. The Labute approximate surface area is 130 Å². The van der Waals surface area contributed by atoms with Gasteiger partial charge in [0.15, 0.2) is 11.5 Å². The summed E-state index contributed by atoms with van der Waals surface area (Å²) in [5.41, 5.74) is 8.00. The van der Waals surface area contributed by atoms with E-state index < -0.39 is 0 Å². The van der Waals surface area contributed by atoms with E-state index in [0.29, 0.717) is 11.6 Å². The second kappa shape index (κ2) is 7.34. The maximum atomic E-state index is 5.96. The van der Waals surface area contributed by atoms with Crippen LogP contribution in [0.4, 0.5) is 0 Å². The molecule has 0 saturated carbocycles. The first-order valence-corrected chi connectivity index (χ1v) is 7.26. The second-order valence-electron chi connectivity index (χ2n) is 5.05. The molecule has 2 N–H and O–H groups in total. The number of nitrogens with two attached hydrogens (primary N) is 1. The van der Waals surface area contributed by atoms with Crippen LogP contribution >= 0.6 is 11.6 Å². The molecule has 0 aliphatic rings. The van der Waals surface area contributed by atoms with Crippen molar-refractivity contribution < 1.29 is 9.47 Å². The molecule has 2 aromatic carbocycles. The number of para-hydroxylation sites is 1. The highest BCUT2D eigenvalue weighted by Crippen LogP contribution is 2.32. The Morgan fingerprint density at radius 1 is 1.14 bits per heavy atom. The lowest BCUT2D eigenvalue weighted by Gasteiger charge is -2.16. The van der Waals surface area contributed by atoms with Crippen LogP contribution in [0.3, 0.4) is 0 Å². The van der Waals surface area contributed by atoms with Gasteiger partial charge in [-0.05, 0) is 42.7 Å². The van der Waals surface area contributed by atoms with E-state index in [9.17, 15) is 0 Å². The van der Waals surface area contributed by atoms with Gasteiger partial charge in [0.05, 0.1) is 7.11 Å². The monoisotopic (exact) mass is 305 g/mol. The van der Waals surface area contributed by atoms with Gasteiger partial charge in [-0.3, -0.25) is 0 Å². The van der Waals surface area contributed by atoms with Crippen molar-refractivity contribution in [1.29, 1.82) is 0 Å². The lowest BCUT2D eigenvalue weighted by molar-refractivity contribution is 0.281. The van der Waals surface area contributed by atoms with Gasteiger partial charge in [0.1, 0.15) is 6.61 Å². The van der Waals surface area contributed by atoms with Gasteiger partial charge in [-0.25, -0.2) is 0 Å². The summed E-state index contributed by atoms with van der Waals surface area (Å²) in [6, 6.07) is 13.5. The van der Waals surface area contributed by atoms with E-state index in [0.717, 1.165) is 29.0 Å². The molecule has 0 aliphatic heterocycles. The minimum Gasteiger partial charge on any atom is -0.493 e. The summed E-state index contributed by atoms with van der Waals surface area (Å²) < 4.78 is 11.4. The third-order valence-electron chi connectivity index (χ3n) is 3.12.